The number of hydrogen-bond donors (Lipinski definition) is 1. The maximum Gasteiger partial charge on any atom is 0.226 e. The van der Waals surface area contributed by atoms with E-state index < -0.39 is 0 Å². The molecule has 3 heterocycles. The number of para-hydroxylation sites is 1. The van der Waals surface area contributed by atoms with Crippen molar-refractivity contribution in [3.63, 3.8) is 0 Å². The van der Waals surface area contributed by atoms with E-state index in [1.54, 1.807) is 13.4 Å². The fraction of sp³-hybridized carbons (Fsp3) is 0.120. The van der Waals surface area contributed by atoms with Gasteiger partial charge in [0.1, 0.15) is 30.0 Å². The Morgan fingerprint density at radius 3 is 2.69 bits per heavy atom. The van der Waals surface area contributed by atoms with E-state index in [-0.39, 0.29) is 12.1 Å². The second-order valence-electron chi connectivity index (χ2n) is 7.71. The number of fused-ring (bicyclic) bond motifs is 3. The Kier molecular flexibility index (Phi) is 4.40. The van der Waals surface area contributed by atoms with Crippen LogP contribution in [0.5, 0.6) is 11.5 Å². The predicted molar refractivity (Wildman–Crippen MR) is 123 cm³/mol. The largest absolute Gasteiger partial charge is 0.497 e. The smallest absolute Gasteiger partial charge is 0.226 e. The number of anilines is 1. The molecule has 32 heavy (non-hydrogen) atoms. The van der Waals surface area contributed by atoms with Crippen molar-refractivity contribution in [1.29, 1.82) is 0 Å². The molecule has 3 aromatic carbocycles. The lowest BCUT2D eigenvalue weighted by Gasteiger charge is -2.39. The molecule has 0 amide bonds. The van der Waals surface area contributed by atoms with Crippen molar-refractivity contribution in [2.75, 3.05) is 12.4 Å². The van der Waals surface area contributed by atoms with Crippen molar-refractivity contribution in [1.82, 2.24) is 14.8 Å². The Morgan fingerprint density at radius 1 is 1.00 bits per heavy atom. The second kappa shape index (κ2) is 7.43. The van der Waals surface area contributed by atoms with Crippen LogP contribution >= 0.6 is 11.6 Å². The van der Waals surface area contributed by atoms with Crippen molar-refractivity contribution in [2.24, 2.45) is 0 Å². The van der Waals surface area contributed by atoms with Gasteiger partial charge in [0.25, 0.3) is 0 Å². The maximum absolute atomic E-state index is 6.59. The number of nitrogens with one attached hydrogen (secondary N) is 1. The molecule has 6 nitrogen and oxygen atoms in total. The molecular weight excluding hydrogens is 424 g/mol. The van der Waals surface area contributed by atoms with Crippen LogP contribution in [-0.2, 0) is 0 Å². The monoisotopic (exact) mass is 442 g/mol. The summed E-state index contributed by atoms with van der Waals surface area (Å²) in [6.07, 6.45) is 1.23. The summed E-state index contributed by atoms with van der Waals surface area (Å²) in [5, 5.41) is 8.74. The van der Waals surface area contributed by atoms with Crippen LogP contribution in [0.2, 0.25) is 5.02 Å². The third-order valence-corrected chi connectivity index (χ3v) is 6.16. The number of nitrogens with zero attached hydrogens (tertiary/aromatic N) is 3. The number of methoxy groups -OCH3 is 1. The molecule has 2 aliphatic rings. The van der Waals surface area contributed by atoms with Gasteiger partial charge < -0.3 is 14.8 Å². The first-order valence-corrected chi connectivity index (χ1v) is 10.7. The average Bonchev–Trinajstić information content (AvgIpc) is 3.31. The minimum atomic E-state index is -0.335. The van der Waals surface area contributed by atoms with Crippen molar-refractivity contribution in [3.8, 4) is 11.5 Å². The van der Waals surface area contributed by atoms with Crippen LogP contribution in [0, 0.1) is 0 Å². The highest BCUT2D eigenvalue weighted by molar-refractivity contribution is 6.30. The quantitative estimate of drug-likeness (QED) is 0.454. The first-order chi connectivity index (χ1) is 15.7. The Labute approximate surface area is 190 Å². The fourth-order valence-corrected chi connectivity index (χ4v) is 4.59. The van der Waals surface area contributed by atoms with Crippen LogP contribution in [-0.4, -0.2) is 21.9 Å². The van der Waals surface area contributed by atoms with Gasteiger partial charge in [-0.15, -0.1) is 0 Å². The summed E-state index contributed by atoms with van der Waals surface area (Å²) >= 11 is 6.18. The summed E-state index contributed by atoms with van der Waals surface area (Å²) in [5.41, 5.74) is 5.08. The van der Waals surface area contributed by atoms with Gasteiger partial charge in [0.05, 0.1) is 12.8 Å². The predicted octanol–water partition coefficient (Wildman–Crippen LogP) is 5.50. The summed E-state index contributed by atoms with van der Waals surface area (Å²) in [6, 6.07) is 23.6. The zero-order valence-electron chi connectivity index (χ0n) is 17.2. The molecule has 0 unspecified atom stereocenters. The third-order valence-electron chi connectivity index (χ3n) is 5.90. The average molecular weight is 443 g/mol. The van der Waals surface area contributed by atoms with Crippen LogP contribution in [0.4, 0.5) is 5.95 Å². The molecule has 0 radical (unpaired) electrons. The lowest BCUT2D eigenvalue weighted by molar-refractivity contribution is 0.223. The molecule has 4 aromatic rings. The molecule has 2 atom stereocenters. The van der Waals surface area contributed by atoms with Crippen molar-refractivity contribution < 1.29 is 9.47 Å². The van der Waals surface area contributed by atoms with Crippen LogP contribution in [0.1, 0.15) is 28.8 Å². The van der Waals surface area contributed by atoms with Gasteiger partial charge >= 0.3 is 0 Å². The minimum absolute atomic E-state index is 0.229. The van der Waals surface area contributed by atoms with Gasteiger partial charge in [-0.25, -0.2) is 4.68 Å². The molecule has 0 aliphatic carbocycles. The van der Waals surface area contributed by atoms with Crippen LogP contribution in [0.15, 0.2) is 84.7 Å². The summed E-state index contributed by atoms with van der Waals surface area (Å²) in [5.74, 6) is 2.28. The number of hydrogen-bond acceptors (Lipinski definition) is 5. The van der Waals surface area contributed by atoms with Crippen LogP contribution in [0.3, 0.4) is 0 Å². The number of rotatable bonds is 3. The van der Waals surface area contributed by atoms with E-state index in [9.17, 15) is 0 Å². The molecule has 0 saturated carbocycles. The van der Waals surface area contributed by atoms with E-state index in [0.29, 0.717) is 11.0 Å². The number of aromatic nitrogens is 3. The van der Waals surface area contributed by atoms with Gasteiger partial charge in [-0.1, -0.05) is 48.0 Å². The normalized spacial score (nSPS) is 18.7. The molecule has 0 saturated heterocycles. The molecule has 1 N–H and O–H groups in total. The lowest BCUT2D eigenvalue weighted by atomic mass is 9.84. The fourth-order valence-electron chi connectivity index (χ4n) is 4.46. The van der Waals surface area contributed by atoms with Crippen molar-refractivity contribution in [3.05, 3.63) is 106 Å². The SMILES string of the molecule is COc1cccc([C@H]2C3=C(Nc4ncnn42)c2ccccc2O[C@H]3c2ccc(Cl)cc2)c1. The molecule has 0 fully saturated rings. The molecule has 2 aliphatic heterocycles. The van der Waals surface area contributed by atoms with Crippen LogP contribution < -0.4 is 14.8 Å². The van der Waals surface area contributed by atoms with E-state index >= 15 is 0 Å². The number of halogens is 1. The van der Waals surface area contributed by atoms with E-state index in [1.807, 2.05) is 65.3 Å². The maximum atomic E-state index is 6.59. The topological polar surface area (TPSA) is 61.2 Å². The van der Waals surface area contributed by atoms with Crippen molar-refractivity contribution >= 4 is 23.2 Å². The molecular formula is C25H19ClN4O2. The van der Waals surface area contributed by atoms with E-state index in [0.717, 1.165) is 39.5 Å². The molecule has 6 rings (SSSR count). The zero-order chi connectivity index (χ0) is 21.7. The van der Waals surface area contributed by atoms with E-state index in [1.165, 1.54) is 0 Å². The standard InChI is InChI=1S/C25H19ClN4O2/c1-31-18-6-4-5-16(13-18)23-21-22(29-25-27-14-28-30(23)25)19-7-2-3-8-20(19)32-24(21)15-9-11-17(26)12-10-15/h2-14,23-24H,1H3,(H,27,28,29)/t23-,24-/m0/s1. The summed E-state index contributed by atoms with van der Waals surface area (Å²) in [6.45, 7) is 0. The Balaban J connectivity index is 1.62. The van der Waals surface area contributed by atoms with E-state index in [2.05, 4.69) is 27.5 Å². The number of benzene rings is 3. The Hall–Kier alpha value is -3.77. The van der Waals surface area contributed by atoms with Gasteiger partial charge in [0.15, 0.2) is 0 Å². The Bertz CT molecular complexity index is 1350. The summed E-state index contributed by atoms with van der Waals surface area (Å²) < 4.78 is 14.0. The van der Waals surface area contributed by atoms with Gasteiger partial charge in [-0.2, -0.15) is 10.1 Å². The lowest BCUT2D eigenvalue weighted by Crippen LogP contribution is -2.32. The van der Waals surface area contributed by atoms with E-state index in [4.69, 9.17) is 21.1 Å². The minimum Gasteiger partial charge on any atom is -0.497 e. The molecule has 0 spiro atoms. The highest BCUT2D eigenvalue weighted by Gasteiger charge is 2.40. The highest BCUT2D eigenvalue weighted by atomic mass is 35.5. The summed E-state index contributed by atoms with van der Waals surface area (Å²) in [4.78, 5) is 4.47. The second-order valence-corrected chi connectivity index (χ2v) is 8.14. The number of ether oxygens (including phenoxy) is 2. The summed E-state index contributed by atoms with van der Waals surface area (Å²) in [7, 11) is 1.67. The van der Waals surface area contributed by atoms with Gasteiger partial charge in [0.2, 0.25) is 5.95 Å². The van der Waals surface area contributed by atoms with Gasteiger partial charge in [-0.05, 0) is 47.5 Å². The van der Waals surface area contributed by atoms with Gasteiger partial charge in [-0.3, -0.25) is 0 Å². The molecule has 1 aromatic heterocycles. The molecule has 0 bridgehead atoms. The van der Waals surface area contributed by atoms with Crippen molar-refractivity contribution in [2.45, 2.75) is 12.1 Å². The highest BCUT2D eigenvalue weighted by Crippen LogP contribution is 2.50. The zero-order valence-corrected chi connectivity index (χ0v) is 18.0. The third kappa shape index (κ3) is 2.95. The Morgan fingerprint density at radius 2 is 1.84 bits per heavy atom. The first kappa shape index (κ1) is 19.0. The van der Waals surface area contributed by atoms with Crippen LogP contribution in [0.25, 0.3) is 5.70 Å². The first-order valence-electron chi connectivity index (χ1n) is 10.3. The molecule has 7 heteroatoms. The molecule has 158 valence electrons. The van der Waals surface area contributed by atoms with Gasteiger partial charge in [0, 0.05) is 16.2 Å².